The van der Waals surface area contributed by atoms with Gasteiger partial charge in [0.1, 0.15) is 16.6 Å². The molecular weight excluding hydrogens is 406 g/mol. The highest BCUT2D eigenvalue weighted by atomic mass is 32.1. The van der Waals surface area contributed by atoms with Gasteiger partial charge in [-0.2, -0.15) is 5.26 Å². The van der Waals surface area contributed by atoms with E-state index in [1.165, 1.54) is 16.7 Å². The van der Waals surface area contributed by atoms with E-state index in [0.717, 1.165) is 22.3 Å². The van der Waals surface area contributed by atoms with Gasteiger partial charge in [-0.05, 0) is 48.0 Å². The van der Waals surface area contributed by atoms with E-state index in [4.69, 9.17) is 4.74 Å². The molecule has 4 aromatic rings. The number of aromatic nitrogens is 1. The van der Waals surface area contributed by atoms with Crippen molar-refractivity contribution in [1.82, 2.24) is 4.98 Å². The van der Waals surface area contributed by atoms with E-state index in [9.17, 15) is 10.1 Å². The molecular formula is C25H19N3O2S. The fourth-order valence-electron chi connectivity index (χ4n) is 3.09. The fraction of sp³-hybridized carbons (Fsp3) is 0.0800. The number of hydrogen-bond donors (Lipinski definition) is 1. The van der Waals surface area contributed by atoms with Crippen molar-refractivity contribution in [2.24, 2.45) is 0 Å². The lowest BCUT2D eigenvalue weighted by Crippen LogP contribution is -2.04. The molecule has 5 nitrogen and oxygen atoms in total. The minimum atomic E-state index is -0.355. The third-order valence-electron chi connectivity index (χ3n) is 4.68. The maximum atomic E-state index is 11.7. The van der Waals surface area contributed by atoms with E-state index >= 15 is 0 Å². The molecule has 0 saturated heterocycles. The number of esters is 1. The summed E-state index contributed by atoms with van der Waals surface area (Å²) in [5.74, 6) is -0.355. The van der Waals surface area contributed by atoms with Crippen LogP contribution in [-0.4, -0.2) is 17.6 Å². The topological polar surface area (TPSA) is 75.0 Å². The summed E-state index contributed by atoms with van der Waals surface area (Å²) >= 11 is 1.43. The van der Waals surface area contributed by atoms with Crippen molar-refractivity contribution >= 4 is 39.3 Å². The molecule has 0 saturated carbocycles. The largest absolute Gasteiger partial charge is 0.462 e. The van der Waals surface area contributed by atoms with Crippen molar-refractivity contribution in [1.29, 1.82) is 5.26 Å². The monoisotopic (exact) mass is 425 g/mol. The molecule has 0 spiro atoms. The van der Waals surface area contributed by atoms with Crippen LogP contribution in [0.2, 0.25) is 0 Å². The molecule has 0 aliphatic rings. The van der Waals surface area contributed by atoms with Crippen molar-refractivity contribution in [2.45, 2.75) is 6.92 Å². The first-order chi connectivity index (χ1) is 15.2. The van der Waals surface area contributed by atoms with Gasteiger partial charge in [-0.3, -0.25) is 0 Å². The van der Waals surface area contributed by atoms with Crippen molar-refractivity contribution in [3.63, 3.8) is 0 Å². The Balaban J connectivity index is 1.51. The number of hydrogen-bond acceptors (Lipinski definition) is 6. The number of rotatable bonds is 6. The lowest BCUT2D eigenvalue weighted by Gasteiger charge is -2.04. The van der Waals surface area contributed by atoms with Crippen LogP contribution in [0.5, 0.6) is 0 Å². The Bertz CT molecular complexity index is 1300. The number of carbonyl (C=O) groups excluding carboxylic acids is 1. The highest BCUT2D eigenvalue weighted by molar-refractivity contribution is 7.11. The van der Waals surface area contributed by atoms with Gasteiger partial charge in [-0.25, -0.2) is 9.78 Å². The summed E-state index contributed by atoms with van der Waals surface area (Å²) in [6.45, 7) is 2.11. The number of thiazole rings is 1. The standard InChI is InChI=1S/C25H19N3O2S/c1-2-30-25(29)18-9-11-22(12-10-18)27-15-21(14-26)24-28-23(16-31-24)20-8-7-17-5-3-4-6-19(17)13-20/h3-13,15-16,27H,2H2,1H3. The Labute approximate surface area is 184 Å². The first-order valence-corrected chi connectivity index (χ1v) is 10.6. The number of nitrogens with one attached hydrogen (secondary N) is 1. The van der Waals surface area contributed by atoms with Crippen molar-refractivity contribution in [3.05, 3.63) is 88.9 Å². The zero-order valence-electron chi connectivity index (χ0n) is 16.8. The number of nitrogens with zero attached hydrogens (tertiary/aromatic N) is 2. The maximum absolute atomic E-state index is 11.7. The highest BCUT2D eigenvalue weighted by Crippen LogP contribution is 2.28. The van der Waals surface area contributed by atoms with Gasteiger partial charge >= 0.3 is 5.97 Å². The molecule has 0 bridgehead atoms. The van der Waals surface area contributed by atoms with Gasteiger partial charge in [-0.1, -0.05) is 36.4 Å². The summed E-state index contributed by atoms with van der Waals surface area (Å²) < 4.78 is 4.98. The predicted molar refractivity (Wildman–Crippen MR) is 125 cm³/mol. The van der Waals surface area contributed by atoms with Crippen LogP contribution in [-0.2, 0) is 4.74 Å². The first-order valence-electron chi connectivity index (χ1n) is 9.77. The SMILES string of the molecule is CCOC(=O)c1ccc(NC=C(C#N)c2nc(-c3ccc4ccccc4c3)cs2)cc1. The maximum Gasteiger partial charge on any atom is 0.338 e. The molecule has 4 rings (SSSR count). The van der Waals surface area contributed by atoms with Crippen LogP contribution in [0.1, 0.15) is 22.3 Å². The number of carbonyl (C=O) groups is 1. The summed E-state index contributed by atoms with van der Waals surface area (Å²) in [4.78, 5) is 16.4. The molecule has 0 amide bonds. The number of benzene rings is 3. The molecule has 1 N–H and O–H groups in total. The van der Waals surface area contributed by atoms with E-state index in [1.807, 2.05) is 23.6 Å². The smallest absolute Gasteiger partial charge is 0.338 e. The van der Waals surface area contributed by atoms with Gasteiger partial charge < -0.3 is 10.1 Å². The van der Waals surface area contributed by atoms with E-state index < -0.39 is 0 Å². The fourth-order valence-corrected chi connectivity index (χ4v) is 3.89. The van der Waals surface area contributed by atoms with E-state index in [-0.39, 0.29) is 5.97 Å². The summed E-state index contributed by atoms with van der Waals surface area (Å²) in [6.07, 6.45) is 1.63. The molecule has 0 aliphatic carbocycles. The van der Waals surface area contributed by atoms with Crippen LogP contribution in [0.4, 0.5) is 5.69 Å². The van der Waals surface area contributed by atoms with Gasteiger partial charge in [0.05, 0.1) is 17.9 Å². The van der Waals surface area contributed by atoms with Crippen molar-refractivity contribution in [3.8, 4) is 17.3 Å². The van der Waals surface area contributed by atoms with Gasteiger partial charge in [0, 0.05) is 22.8 Å². The lowest BCUT2D eigenvalue weighted by molar-refractivity contribution is 0.0526. The minimum absolute atomic E-state index is 0.335. The molecule has 0 radical (unpaired) electrons. The molecule has 1 aromatic heterocycles. The zero-order chi connectivity index (χ0) is 21.6. The van der Waals surface area contributed by atoms with Gasteiger partial charge in [-0.15, -0.1) is 11.3 Å². The highest BCUT2D eigenvalue weighted by Gasteiger charge is 2.10. The Morgan fingerprint density at radius 1 is 1.13 bits per heavy atom. The second-order valence-electron chi connectivity index (χ2n) is 6.71. The van der Waals surface area contributed by atoms with Crippen molar-refractivity contribution < 1.29 is 9.53 Å². The molecule has 0 unspecified atom stereocenters. The molecule has 1 heterocycles. The van der Waals surface area contributed by atoms with Crippen LogP contribution < -0.4 is 5.32 Å². The number of ether oxygens (including phenoxy) is 1. The van der Waals surface area contributed by atoms with Gasteiger partial charge in [0.25, 0.3) is 0 Å². The van der Waals surface area contributed by atoms with Crippen LogP contribution in [0.15, 0.2) is 78.3 Å². The van der Waals surface area contributed by atoms with Crippen molar-refractivity contribution in [2.75, 3.05) is 11.9 Å². The third-order valence-corrected chi connectivity index (χ3v) is 5.56. The van der Waals surface area contributed by atoms with E-state index in [2.05, 4.69) is 40.6 Å². The Morgan fingerprint density at radius 2 is 1.90 bits per heavy atom. The normalized spacial score (nSPS) is 11.2. The summed E-state index contributed by atoms with van der Waals surface area (Å²) in [5.41, 5.74) is 3.53. The van der Waals surface area contributed by atoms with Gasteiger partial charge in [0.15, 0.2) is 0 Å². The summed E-state index contributed by atoms with van der Waals surface area (Å²) in [5, 5.41) is 17.6. The van der Waals surface area contributed by atoms with Crippen LogP contribution in [0.3, 0.4) is 0 Å². The van der Waals surface area contributed by atoms with E-state index in [1.54, 1.807) is 37.4 Å². The summed E-state index contributed by atoms with van der Waals surface area (Å²) in [6, 6.07) is 23.5. The number of anilines is 1. The van der Waals surface area contributed by atoms with Crippen LogP contribution in [0.25, 0.3) is 27.6 Å². The average molecular weight is 426 g/mol. The molecule has 152 valence electrons. The molecule has 0 fully saturated rings. The Hall–Kier alpha value is -3.95. The average Bonchev–Trinajstić information content (AvgIpc) is 3.30. The second-order valence-corrected chi connectivity index (χ2v) is 7.57. The second kappa shape index (κ2) is 9.24. The number of nitriles is 1. The third kappa shape index (κ3) is 4.63. The molecule has 0 atom stereocenters. The molecule has 6 heteroatoms. The molecule has 31 heavy (non-hydrogen) atoms. The Kier molecular flexibility index (Phi) is 6.06. The van der Waals surface area contributed by atoms with Crippen LogP contribution >= 0.6 is 11.3 Å². The van der Waals surface area contributed by atoms with Crippen LogP contribution in [0, 0.1) is 11.3 Å². The number of fused-ring (bicyclic) bond motifs is 1. The minimum Gasteiger partial charge on any atom is -0.462 e. The van der Waals surface area contributed by atoms with E-state index in [0.29, 0.717) is 22.8 Å². The van der Waals surface area contributed by atoms with Gasteiger partial charge in [0.2, 0.25) is 0 Å². The Morgan fingerprint density at radius 3 is 2.65 bits per heavy atom. The quantitative estimate of drug-likeness (QED) is 0.298. The molecule has 3 aromatic carbocycles. The lowest BCUT2D eigenvalue weighted by atomic mass is 10.1. The first kappa shape index (κ1) is 20.3. The summed E-state index contributed by atoms with van der Waals surface area (Å²) in [7, 11) is 0. The number of allylic oxidation sites excluding steroid dienone is 1. The predicted octanol–water partition coefficient (Wildman–Crippen LogP) is 6.12. The molecule has 0 aliphatic heterocycles. The zero-order valence-corrected chi connectivity index (χ0v) is 17.6.